The highest BCUT2D eigenvalue weighted by atomic mass is 16.6. The fourth-order valence-corrected chi connectivity index (χ4v) is 4.78. The molecule has 1 atom stereocenters. The van der Waals surface area contributed by atoms with E-state index in [4.69, 9.17) is 4.74 Å². The highest BCUT2D eigenvalue weighted by Crippen LogP contribution is 2.44. The SMILES string of the molecule is Cc1ccccc1NC1CCC(N2C(=O)OC(C)(C)C2c2ccccc2)CC1. The molecule has 0 bridgehead atoms. The first kappa shape index (κ1) is 18.9. The Morgan fingerprint density at radius 2 is 1.61 bits per heavy atom. The average molecular weight is 379 g/mol. The lowest BCUT2D eigenvalue weighted by atomic mass is 9.86. The van der Waals surface area contributed by atoms with Crippen LogP contribution in [0.3, 0.4) is 0 Å². The van der Waals surface area contributed by atoms with E-state index in [1.807, 2.05) is 36.9 Å². The third kappa shape index (κ3) is 3.60. The minimum atomic E-state index is -0.519. The average Bonchev–Trinajstić information content (AvgIpc) is 2.93. The fraction of sp³-hybridized carbons (Fsp3) is 0.458. The second-order valence-corrected chi connectivity index (χ2v) is 8.66. The van der Waals surface area contributed by atoms with Crippen molar-refractivity contribution >= 4 is 11.8 Å². The molecule has 1 heterocycles. The Labute approximate surface area is 167 Å². The quantitative estimate of drug-likeness (QED) is 0.743. The van der Waals surface area contributed by atoms with Crippen LogP contribution in [0.25, 0.3) is 0 Å². The molecule has 1 amide bonds. The Balaban J connectivity index is 1.47. The summed E-state index contributed by atoms with van der Waals surface area (Å²) >= 11 is 0. The van der Waals surface area contributed by atoms with E-state index < -0.39 is 5.60 Å². The first-order valence-electron chi connectivity index (χ1n) is 10.3. The maximum Gasteiger partial charge on any atom is 0.411 e. The molecule has 4 rings (SSSR count). The number of nitrogens with zero attached hydrogens (tertiary/aromatic N) is 1. The summed E-state index contributed by atoms with van der Waals surface area (Å²) in [6.45, 7) is 6.18. The smallest absolute Gasteiger partial charge is 0.411 e. The summed E-state index contributed by atoms with van der Waals surface area (Å²) in [7, 11) is 0. The van der Waals surface area contributed by atoms with Crippen molar-refractivity contribution in [3.8, 4) is 0 Å². The first-order chi connectivity index (χ1) is 13.5. The van der Waals surface area contributed by atoms with Gasteiger partial charge in [0, 0.05) is 17.8 Å². The number of anilines is 1. The molecule has 148 valence electrons. The lowest BCUT2D eigenvalue weighted by Crippen LogP contribution is -2.44. The molecule has 1 aliphatic carbocycles. The van der Waals surface area contributed by atoms with E-state index in [-0.39, 0.29) is 18.2 Å². The number of benzene rings is 2. The van der Waals surface area contributed by atoms with Crippen LogP contribution >= 0.6 is 0 Å². The molecule has 28 heavy (non-hydrogen) atoms. The zero-order valence-electron chi connectivity index (χ0n) is 17.0. The van der Waals surface area contributed by atoms with Crippen molar-refractivity contribution < 1.29 is 9.53 Å². The van der Waals surface area contributed by atoms with Crippen LogP contribution in [-0.4, -0.2) is 28.7 Å². The first-order valence-corrected chi connectivity index (χ1v) is 10.3. The molecule has 1 N–H and O–H groups in total. The van der Waals surface area contributed by atoms with Crippen LogP contribution in [0.1, 0.15) is 56.7 Å². The number of rotatable bonds is 4. The predicted octanol–water partition coefficient (Wildman–Crippen LogP) is 5.69. The summed E-state index contributed by atoms with van der Waals surface area (Å²) in [6.07, 6.45) is 3.94. The van der Waals surface area contributed by atoms with Gasteiger partial charge in [0.25, 0.3) is 0 Å². The summed E-state index contributed by atoms with van der Waals surface area (Å²) in [5.74, 6) is 0. The van der Waals surface area contributed by atoms with Crippen molar-refractivity contribution in [2.45, 2.75) is 70.2 Å². The van der Waals surface area contributed by atoms with Crippen molar-refractivity contribution in [3.63, 3.8) is 0 Å². The molecule has 0 radical (unpaired) electrons. The summed E-state index contributed by atoms with van der Waals surface area (Å²) in [6, 6.07) is 19.4. The highest BCUT2D eigenvalue weighted by molar-refractivity contribution is 5.72. The number of cyclic esters (lactones) is 1. The highest BCUT2D eigenvalue weighted by Gasteiger charge is 2.51. The second kappa shape index (κ2) is 7.50. The number of para-hydroxylation sites is 1. The molecule has 2 aliphatic rings. The summed E-state index contributed by atoms with van der Waals surface area (Å²) in [5, 5.41) is 3.70. The number of nitrogens with one attached hydrogen (secondary N) is 1. The molecule has 1 unspecified atom stereocenters. The van der Waals surface area contributed by atoms with E-state index in [1.54, 1.807) is 0 Å². The molecule has 2 aromatic carbocycles. The number of carbonyl (C=O) groups is 1. The van der Waals surface area contributed by atoms with Gasteiger partial charge in [-0.05, 0) is 63.6 Å². The normalized spacial score (nSPS) is 26.8. The lowest BCUT2D eigenvalue weighted by molar-refractivity contribution is 0.0664. The minimum absolute atomic E-state index is 0.0351. The van der Waals surface area contributed by atoms with Gasteiger partial charge in [-0.2, -0.15) is 0 Å². The van der Waals surface area contributed by atoms with Crippen molar-refractivity contribution in [1.29, 1.82) is 0 Å². The Kier molecular flexibility index (Phi) is 5.05. The van der Waals surface area contributed by atoms with Crippen LogP contribution in [0.15, 0.2) is 54.6 Å². The van der Waals surface area contributed by atoms with Gasteiger partial charge in [-0.3, -0.25) is 4.90 Å². The molecule has 1 aliphatic heterocycles. The van der Waals surface area contributed by atoms with Crippen LogP contribution in [0.5, 0.6) is 0 Å². The van der Waals surface area contributed by atoms with Gasteiger partial charge in [-0.25, -0.2) is 4.79 Å². The van der Waals surface area contributed by atoms with Gasteiger partial charge in [0.05, 0.1) is 6.04 Å². The summed E-state index contributed by atoms with van der Waals surface area (Å²) in [4.78, 5) is 14.8. The number of aryl methyl sites for hydroxylation is 1. The van der Waals surface area contributed by atoms with Crippen LogP contribution in [0.2, 0.25) is 0 Å². The topological polar surface area (TPSA) is 41.6 Å². The summed E-state index contributed by atoms with van der Waals surface area (Å²) in [5.41, 5.74) is 3.13. The molecular weight excluding hydrogens is 348 g/mol. The van der Waals surface area contributed by atoms with Gasteiger partial charge in [0.1, 0.15) is 5.60 Å². The van der Waals surface area contributed by atoms with E-state index in [0.29, 0.717) is 6.04 Å². The van der Waals surface area contributed by atoms with Gasteiger partial charge in [0.15, 0.2) is 0 Å². The Hall–Kier alpha value is -2.49. The van der Waals surface area contributed by atoms with Gasteiger partial charge in [0.2, 0.25) is 0 Å². The van der Waals surface area contributed by atoms with Gasteiger partial charge < -0.3 is 10.1 Å². The van der Waals surface area contributed by atoms with E-state index in [1.165, 1.54) is 11.3 Å². The molecule has 1 saturated heterocycles. The second-order valence-electron chi connectivity index (χ2n) is 8.66. The van der Waals surface area contributed by atoms with Crippen LogP contribution in [0, 0.1) is 6.92 Å². The van der Waals surface area contributed by atoms with Crippen molar-refractivity contribution in [3.05, 3.63) is 65.7 Å². The van der Waals surface area contributed by atoms with Gasteiger partial charge >= 0.3 is 6.09 Å². The number of carbonyl (C=O) groups excluding carboxylic acids is 1. The fourth-order valence-electron chi connectivity index (χ4n) is 4.78. The maximum absolute atomic E-state index is 12.8. The molecular formula is C24H30N2O2. The third-order valence-corrected chi connectivity index (χ3v) is 6.21. The number of hydrogen-bond donors (Lipinski definition) is 1. The molecule has 4 nitrogen and oxygen atoms in total. The predicted molar refractivity (Wildman–Crippen MR) is 112 cm³/mol. The Bertz CT molecular complexity index is 826. The van der Waals surface area contributed by atoms with Crippen molar-refractivity contribution in [2.24, 2.45) is 0 Å². The molecule has 2 aromatic rings. The van der Waals surface area contributed by atoms with E-state index in [9.17, 15) is 4.79 Å². The van der Waals surface area contributed by atoms with Crippen LogP contribution < -0.4 is 5.32 Å². The molecule has 1 saturated carbocycles. The van der Waals surface area contributed by atoms with Gasteiger partial charge in [-0.1, -0.05) is 48.5 Å². The summed E-state index contributed by atoms with van der Waals surface area (Å²) < 4.78 is 5.79. The largest absolute Gasteiger partial charge is 0.441 e. The monoisotopic (exact) mass is 378 g/mol. The molecule has 2 fully saturated rings. The zero-order chi connectivity index (χ0) is 19.7. The Morgan fingerprint density at radius 1 is 0.964 bits per heavy atom. The number of amides is 1. The van der Waals surface area contributed by atoms with Gasteiger partial charge in [-0.15, -0.1) is 0 Å². The molecule has 0 spiro atoms. The zero-order valence-corrected chi connectivity index (χ0v) is 17.0. The van der Waals surface area contributed by atoms with E-state index >= 15 is 0 Å². The van der Waals surface area contributed by atoms with Crippen molar-refractivity contribution in [1.82, 2.24) is 4.90 Å². The van der Waals surface area contributed by atoms with E-state index in [0.717, 1.165) is 31.2 Å². The molecule has 4 heteroatoms. The lowest BCUT2D eigenvalue weighted by Gasteiger charge is -2.38. The van der Waals surface area contributed by atoms with E-state index in [2.05, 4.69) is 48.6 Å². The molecule has 0 aromatic heterocycles. The third-order valence-electron chi connectivity index (χ3n) is 6.21. The standard InChI is InChI=1S/C24H30N2O2/c1-17-9-7-8-12-21(17)25-19-13-15-20(16-14-19)26-22(18-10-5-4-6-11-18)24(2,3)28-23(26)27/h4-12,19-20,22,25H,13-16H2,1-3H3. The number of hydrogen-bond acceptors (Lipinski definition) is 3. The minimum Gasteiger partial charge on any atom is -0.441 e. The maximum atomic E-state index is 12.8. The number of ether oxygens (including phenoxy) is 1. The van der Waals surface area contributed by atoms with Crippen LogP contribution in [0.4, 0.5) is 10.5 Å². The van der Waals surface area contributed by atoms with Crippen molar-refractivity contribution in [2.75, 3.05) is 5.32 Å². The Morgan fingerprint density at radius 3 is 2.29 bits per heavy atom. The van der Waals surface area contributed by atoms with Crippen LogP contribution in [-0.2, 0) is 4.74 Å².